The molecule has 18 heavy (non-hydrogen) atoms. The van der Waals surface area contributed by atoms with E-state index in [0.29, 0.717) is 34.0 Å². The van der Waals surface area contributed by atoms with E-state index in [9.17, 15) is 13.2 Å². The fraction of sp³-hybridized carbons (Fsp3) is 0.167. The van der Waals surface area contributed by atoms with E-state index in [2.05, 4.69) is 0 Å². The van der Waals surface area contributed by atoms with Gasteiger partial charge in [0.25, 0.3) is 0 Å². The predicted molar refractivity (Wildman–Crippen MR) is 60.9 cm³/mol. The summed E-state index contributed by atoms with van der Waals surface area (Å²) >= 11 is 0.688. The molecule has 0 saturated heterocycles. The molecule has 0 bridgehead atoms. The van der Waals surface area contributed by atoms with Crippen LogP contribution in [0.5, 0.6) is 11.5 Å². The van der Waals surface area contributed by atoms with Gasteiger partial charge in [0, 0.05) is 0 Å². The molecule has 2 heterocycles. The van der Waals surface area contributed by atoms with Gasteiger partial charge in [-0.2, -0.15) is 13.2 Å². The number of alkyl halides is 3. The van der Waals surface area contributed by atoms with E-state index in [1.807, 2.05) is 0 Å². The highest BCUT2D eigenvalue weighted by Gasteiger charge is 2.32. The summed E-state index contributed by atoms with van der Waals surface area (Å²) in [5, 5.41) is 1.49. The zero-order chi connectivity index (χ0) is 12.8. The van der Waals surface area contributed by atoms with E-state index < -0.39 is 11.1 Å². The zero-order valence-electron chi connectivity index (χ0n) is 8.95. The van der Waals surface area contributed by atoms with Crippen LogP contribution in [0.15, 0.2) is 29.6 Å². The smallest absolute Gasteiger partial charge is 0.425 e. The van der Waals surface area contributed by atoms with Crippen LogP contribution in [0.1, 0.15) is 4.88 Å². The Kier molecular flexibility index (Phi) is 2.48. The molecular weight excluding hydrogens is 265 g/mol. The number of hydrogen-bond donors (Lipinski definition) is 0. The monoisotopic (exact) mass is 272 g/mol. The van der Waals surface area contributed by atoms with Gasteiger partial charge in [0.15, 0.2) is 11.5 Å². The highest BCUT2D eigenvalue weighted by atomic mass is 32.1. The van der Waals surface area contributed by atoms with Gasteiger partial charge in [-0.1, -0.05) is 6.07 Å². The number of benzene rings is 1. The number of halogens is 3. The first-order chi connectivity index (χ1) is 8.54. The van der Waals surface area contributed by atoms with Gasteiger partial charge in [0.05, 0.1) is 0 Å². The summed E-state index contributed by atoms with van der Waals surface area (Å²) in [6, 6.07) is 6.24. The third-order valence-corrected chi connectivity index (χ3v) is 3.56. The van der Waals surface area contributed by atoms with Gasteiger partial charge in [0.2, 0.25) is 6.79 Å². The first kappa shape index (κ1) is 11.4. The SMILES string of the molecule is FC(F)(F)c1cc(-c2ccc3c(c2)OCO3)cs1. The van der Waals surface area contributed by atoms with Crippen LogP contribution in [-0.4, -0.2) is 6.79 Å². The van der Waals surface area contributed by atoms with Crippen molar-refractivity contribution in [2.45, 2.75) is 6.18 Å². The molecular formula is C12H7F3O2S. The lowest BCUT2D eigenvalue weighted by molar-refractivity contribution is -0.134. The molecule has 0 saturated carbocycles. The summed E-state index contributed by atoms with van der Waals surface area (Å²) in [4.78, 5) is -0.602. The minimum atomic E-state index is -4.29. The average Bonchev–Trinajstić information content (AvgIpc) is 2.96. The van der Waals surface area contributed by atoms with Crippen molar-refractivity contribution in [3.63, 3.8) is 0 Å². The molecule has 0 fully saturated rings. The number of hydrogen-bond acceptors (Lipinski definition) is 3. The molecule has 1 aliphatic rings. The molecule has 0 unspecified atom stereocenters. The molecule has 2 aromatic rings. The van der Waals surface area contributed by atoms with Gasteiger partial charge >= 0.3 is 6.18 Å². The first-order valence-corrected chi connectivity index (χ1v) is 5.98. The molecule has 1 aromatic heterocycles. The quantitative estimate of drug-likeness (QED) is 0.776. The largest absolute Gasteiger partial charge is 0.454 e. The molecule has 2 nitrogen and oxygen atoms in total. The van der Waals surface area contributed by atoms with Crippen molar-refractivity contribution >= 4 is 11.3 Å². The topological polar surface area (TPSA) is 18.5 Å². The van der Waals surface area contributed by atoms with E-state index in [-0.39, 0.29) is 6.79 Å². The maximum Gasteiger partial charge on any atom is 0.425 e. The van der Waals surface area contributed by atoms with Gasteiger partial charge in [-0.3, -0.25) is 0 Å². The maximum absolute atomic E-state index is 12.5. The third-order valence-electron chi connectivity index (χ3n) is 2.58. The van der Waals surface area contributed by atoms with Crippen LogP contribution in [0.3, 0.4) is 0 Å². The lowest BCUT2D eigenvalue weighted by Gasteiger charge is -2.02. The predicted octanol–water partition coefficient (Wildman–Crippen LogP) is 4.16. The van der Waals surface area contributed by atoms with E-state index in [1.165, 1.54) is 5.38 Å². The summed E-state index contributed by atoms with van der Waals surface area (Å²) in [6.07, 6.45) is -4.29. The first-order valence-electron chi connectivity index (χ1n) is 5.10. The van der Waals surface area contributed by atoms with Gasteiger partial charge in [-0.05, 0) is 34.7 Å². The van der Waals surface area contributed by atoms with Crippen molar-refractivity contribution < 1.29 is 22.6 Å². The number of rotatable bonds is 1. The Labute approximate surface area is 105 Å². The van der Waals surface area contributed by atoms with Gasteiger partial charge < -0.3 is 9.47 Å². The summed E-state index contributed by atoms with van der Waals surface area (Å²) in [5.41, 5.74) is 1.22. The summed E-state index contributed by atoms with van der Waals surface area (Å²) < 4.78 is 47.8. The lowest BCUT2D eigenvalue weighted by atomic mass is 10.1. The standard InChI is InChI=1S/C12H7F3O2S/c13-12(14,15)11-4-8(5-18-11)7-1-2-9-10(3-7)17-6-16-9/h1-5H,6H2. The van der Waals surface area contributed by atoms with Crippen molar-refractivity contribution in [1.29, 1.82) is 0 Å². The minimum Gasteiger partial charge on any atom is -0.454 e. The van der Waals surface area contributed by atoms with E-state index >= 15 is 0 Å². The van der Waals surface area contributed by atoms with Crippen LogP contribution >= 0.6 is 11.3 Å². The molecule has 0 N–H and O–H groups in total. The fourth-order valence-electron chi connectivity index (χ4n) is 1.71. The van der Waals surface area contributed by atoms with Crippen LogP contribution in [-0.2, 0) is 6.18 Å². The van der Waals surface area contributed by atoms with Gasteiger partial charge in [-0.25, -0.2) is 0 Å². The maximum atomic E-state index is 12.5. The van der Waals surface area contributed by atoms with Gasteiger partial charge in [-0.15, -0.1) is 11.3 Å². The Balaban J connectivity index is 1.98. The normalized spacial score (nSPS) is 13.9. The second-order valence-electron chi connectivity index (χ2n) is 3.77. The highest BCUT2D eigenvalue weighted by molar-refractivity contribution is 7.10. The molecule has 1 aliphatic heterocycles. The molecule has 0 atom stereocenters. The summed E-state index contributed by atoms with van der Waals surface area (Å²) in [7, 11) is 0. The number of fused-ring (bicyclic) bond motifs is 1. The Hall–Kier alpha value is -1.69. The Bertz CT molecular complexity index is 589. The zero-order valence-corrected chi connectivity index (χ0v) is 9.77. The summed E-state index contributed by atoms with van der Waals surface area (Å²) in [5.74, 6) is 1.18. The molecule has 0 spiro atoms. The van der Waals surface area contributed by atoms with Crippen molar-refractivity contribution in [2.24, 2.45) is 0 Å². The highest BCUT2D eigenvalue weighted by Crippen LogP contribution is 2.40. The molecule has 3 rings (SSSR count). The molecule has 0 radical (unpaired) electrons. The van der Waals surface area contributed by atoms with Crippen molar-refractivity contribution in [2.75, 3.05) is 6.79 Å². The Morgan fingerprint density at radius 1 is 1.00 bits per heavy atom. The molecule has 6 heteroatoms. The fourth-order valence-corrected chi connectivity index (χ4v) is 2.50. The van der Waals surface area contributed by atoms with Crippen LogP contribution in [0, 0.1) is 0 Å². The van der Waals surface area contributed by atoms with Crippen LogP contribution in [0.25, 0.3) is 11.1 Å². The molecule has 94 valence electrons. The number of thiophene rings is 1. The molecule has 1 aromatic carbocycles. The number of ether oxygens (including phenoxy) is 2. The summed E-state index contributed by atoms with van der Waals surface area (Å²) in [6.45, 7) is 0.149. The van der Waals surface area contributed by atoms with Crippen LogP contribution in [0.2, 0.25) is 0 Å². The molecule has 0 aliphatic carbocycles. The van der Waals surface area contributed by atoms with Crippen molar-refractivity contribution in [3.8, 4) is 22.6 Å². The second kappa shape index (κ2) is 3.91. The second-order valence-corrected chi connectivity index (χ2v) is 4.68. The Morgan fingerprint density at radius 3 is 2.50 bits per heavy atom. The Morgan fingerprint density at radius 2 is 1.78 bits per heavy atom. The van der Waals surface area contributed by atoms with E-state index in [4.69, 9.17) is 9.47 Å². The molecule has 0 amide bonds. The van der Waals surface area contributed by atoms with Crippen molar-refractivity contribution in [3.05, 3.63) is 34.5 Å². The van der Waals surface area contributed by atoms with Crippen molar-refractivity contribution in [1.82, 2.24) is 0 Å². The average molecular weight is 272 g/mol. The van der Waals surface area contributed by atoms with Gasteiger partial charge in [0.1, 0.15) is 4.88 Å². The lowest BCUT2D eigenvalue weighted by Crippen LogP contribution is -2.00. The van der Waals surface area contributed by atoms with Crippen LogP contribution < -0.4 is 9.47 Å². The van der Waals surface area contributed by atoms with Crippen LogP contribution in [0.4, 0.5) is 13.2 Å². The van der Waals surface area contributed by atoms with E-state index in [1.54, 1.807) is 18.2 Å². The third kappa shape index (κ3) is 1.92. The van der Waals surface area contributed by atoms with E-state index in [0.717, 1.165) is 6.07 Å². The minimum absolute atomic E-state index is 0.149.